The van der Waals surface area contributed by atoms with Crippen LogP contribution in [0.1, 0.15) is 52.4 Å². The number of nitrogen functional groups attached to an aromatic ring is 1. The van der Waals surface area contributed by atoms with Gasteiger partial charge in [0.05, 0.1) is 68.7 Å². The lowest BCUT2D eigenvalue weighted by Gasteiger charge is -2.32. The molecule has 8 rings (SSSR count). The molecule has 5 N–H and O–H groups in total. The van der Waals surface area contributed by atoms with Gasteiger partial charge in [-0.3, -0.25) is 34.2 Å². The predicted molar refractivity (Wildman–Crippen MR) is 233 cm³/mol. The lowest BCUT2D eigenvalue weighted by molar-refractivity contribution is -0.136. The van der Waals surface area contributed by atoms with Crippen LogP contribution in [0.25, 0.3) is 22.3 Å². The topological polar surface area (TPSA) is 234 Å². The number of benzene rings is 3. The van der Waals surface area contributed by atoms with Crippen LogP contribution in [0.4, 0.5) is 11.5 Å². The second-order valence-electron chi connectivity index (χ2n) is 15.5. The van der Waals surface area contributed by atoms with Crippen molar-refractivity contribution in [1.82, 2.24) is 40.2 Å². The molecule has 64 heavy (non-hydrogen) atoms. The Morgan fingerprint density at radius 2 is 1.50 bits per heavy atom. The molecule has 1 unspecified atom stereocenters. The summed E-state index contributed by atoms with van der Waals surface area (Å²) < 4.78 is 25.0. The standard InChI is InChI=1S/C45H50N10O9/c46-41-39-40(29-6-9-33(10-7-29)64-32-4-2-1-3-5-32)52-55(42(39)50-28-49-41)31-14-17-53(18-15-31)19-21-62-23-25-63-24-22-61-20-16-47-38(57)27-48-30-8-11-34-35(26-30)45(60)54(44(34)59)36-12-13-37(56)51-43(36)58/h1-11,26,28,31,36,48H,12-25,27H2,(H,47,57)(H2,46,49,50)(H,51,56,58). The minimum absolute atomic E-state index is 0.0399. The summed E-state index contributed by atoms with van der Waals surface area (Å²) in [5.74, 6) is -0.716. The molecule has 5 amide bonds. The van der Waals surface area contributed by atoms with Crippen molar-refractivity contribution in [3.05, 3.63) is 90.3 Å². The number of ether oxygens (including phenoxy) is 4. The smallest absolute Gasteiger partial charge is 0.262 e. The molecule has 0 spiro atoms. The zero-order valence-electron chi connectivity index (χ0n) is 35.2. The van der Waals surface area contributed by atoms with Gasteiger partial charge in [0.1, 0.15) is 35.4 Å². The second-order valence-corrected chi connectivity index (χ2v) is 15.5. The van der Waals surface area contributed by atoms with Crippen LogP contribution >= 0.6 is 0 Å². The number of nitrogens with one attached hydrogen (secondary N) is 3. The van der Waals surface area contributed by atoms with Crippen molar-refractivity contribution in [3.63, 3.8) is 0 Å². The Hall–Kier alpha value is -6.80. The minimum Gasteiger partial charge on any atom is -0.457 e. The second kappa shape index (κ2) is 20.6. The zero-order chi connectivity index (χ0) is 44.4. The number of nitrogens with two attached hydrogens (primary N) is 1. The summed E-state index contributed by atoms with van der Waals surface area (Å²) in [5.41, 5.74) is 9.52. The van der Waals surface area contributed by atoms with Gasteiger partial charge in [-0.25, -0.2) is 14.6 Å². The number of imide groups is 2. The monoisotopic (exact) mass is 874 g/mol. The summed E-state index contributed by atoms with van der Waals surface area (Å²) in [7, 11) is 0. The van der Waals surface area contributed by atoms with Gasteiger partial charge in [-0.05, 0) is 73.9 Å². The zero-order valence-corrected chi connectivity index (χ0v) is 35.2. The maximum atomic E-state index is 13.0. The molecule has 2 aromatic heterocycles. The van der Waals surface area contributed by atoms with E-state index in [4.69, 9.17) is 29.8 Å². The van der Waals surface area contributed by atoms with Crippen LogP contribution < -0.4 is 26.4 Å². The Balaban J connectivity index is 0.666. The van der Waals surface area contributed by atoms with E-state index in [2.05, 4.69) is 30.8 Å². The van der Waals surface area contributed by atoms with Crippen molar-refractivity contribution >= 4 is 52.1 Å². The van der Waals surface area contributed by atoms with Crippen molar-refractivity contribution in [2.45, 2.75) is 37.8 Å². The Morgan fingerprint density at radius 1 is 0.797 bits per heavy atom. The molecule has 2 fully saturated rings. The molecule has 5 heterocycles. The molecule has 0 saturated carbocycles. The quantitative estimate of drug-likeness (QED) is 0.0650. The fourth-order valence-electron chi connectivity index (χ4n) is 7.97. The van der Waals surface area contributed by atoms with Crippen LogP contribution in [-0.4, -0.2) is 137 Å². The predicted octanol–water partition coefficient (Wildman–Crippen LogP) is 3.18. The number of carbonyl (C=O) groups excluding carboxylic acids is 5. The number of carbonyl (C=O) groups is 5. The van der Waals surface area contributed by atoms with Crippen LogP contribution in [0.3, 0.4) is 0 Å². The molecule has 0 radical (unpaired) electrons. The summed E-state index contributed by atoms with van der Waals surface area (Å²) in [5, 5.41) is 13.7. The van der Waals surface area contributed by atoms with E-state index >= 15 is 0 Å². The van der Waals surface area contributed by atoms with E-state index in [1.54, 1.807) is 6.07 Å². The molecule has 1 atom stereocenters. The highest BCUT2D eigenvalue weighted by Gasteiger charge is 2.44. The van der Waals surface area contributed by atoms with Gasteiger partial charge in [0, 0.05) is 43.9 Å². The maximum Gasteiger partial charge on any atom is 0.262 e. The van der Waals surface area contributed by atoms with Gasteiger partial charge in [-0.2, -0.15) is 5.10 Å². The highest BCUT2D eigenvalue weighted by atomic mass is 16.5. The van der Waals surface area contributed by atoms with E-state index in [-0.39, 0.29) is 42.5 Å². The summed E-state index contributed by atoms with van der Waals surface area (Å²) in [6, 6.07) is 21.1. The first-order chi connectivity index (χ1) is 31.2. The summed E-state index contributed by atoms with van der Waals surface area (Å²) >= 11 is 0. The van der Waals surface area contributed by atoms with Gasteiger partial charge in [0.15, 0.2) is 5.65 Å². The van der Waals surface area contributed by atoms with Crippen molar-refractivity contribution in [2.75, 3.05) is 83.4 Å². The minimum atomic E-state index is -1.04. The van der Waals surface area contributed by atoms with Crippen LogP contribution in [0.2, 0.25) is 0 Å². The Kier molecular flexibility index (Phi) is 14.1. The van der Waals surface area contributed by atoms with E-state index in [0.717, 1.165) is 71.2 Å². The molecule has 334 valence electrons. The first-order valence-electron chi connectivity index (χ1n) is 21.4. The Labute approximate surface area is 368 Å². The van der Waals surface area contributed by atoms with Gasteiger partial charge in [0.25, 0.3) is 11.8 Å². The lowest BCUT2D eigenvalue weighted by atomic mass is 10.0. The van der Waals surface area contributed by atoms with Crippen molar-refractivity contribution in [1.29, 1.82) is 0 Å². The first kappa shape index (κ1) is 43.8. The number of fused-ring (bicyclic) bond motifs is 2. The number of piperidine rings is 2. The number of likely N-dealkylation sites (tertiary alicyclic amines) is 1. The third kappa shape index (κ3) is 10.3. The SMILES string of the molecule is Nc1ncnc2c1c(-c1ccc(Oc3ccccc3)cc1)nn2C1CCN(CCOCCOCCOCCNC(=O)CNc2ccc3c(c2)C(=O)N(C2CCC(=O)NC2=O)C3=O)CC1. The molecule has 19 heteroatoms. The number of aromatic nitrogens is 4. The van der Waals surface area contributed by atoms with Gasteiger partial charge in [-0.1, -0.05) is 18.2 Å². The number of rotatable bonds is 20. The van der Waals surface area contributed by atoms with Crippen molar-refractivity contribution in [3.8, 4) is 22.8 Å². The highest BCUT2D eigenvalue weighted by Crippen LogP contribution is 2.35. The van der Waals surface area contributed by atoms with Crippen LogP contribution in [0.5, 0.6) is 11.5 Å². The number of anilines is 2. The average molecular weight is 875 g/mol. The van der Waals surface area contributed by atoms with Gasteiger partial charge in [0.2, 0.25) is 17.7 Å². The molecule has 0 aliphatic carbocycles. The lowest BCUT2D eigenvalue weighted by Crippen LogP contribution is -2.54. The molecule has 0 bridgehead atoms. The third-order valence-electron chi connectivity index (χ3n) is 11.3. The third-order valence-corrected chi connectivity index (χ3v) is 11.3. The van der Waals surface area contributed by atoms with E-state index in [0.29, 0.717) is 57.7 Å². The van der Waals surface area contributed by atoms with Crippen LogP contribution in [0, 0.1) is 0 Å². The molecule has 5 aromatic rings. The molecule has 3 aliphatic rings. The Morgan fingerprint density at radius 3 is 2.25 bits per heavy atom. The molecule has 3 aromatic carbocycles. The molecular formula is C45H50N10O9. The first-order valence-corrected chi connectivity index (χ1v) is 21.4. The van der Waals surface area contributed by atoms with Crippen LogP contribution in [-0.2, 0) is 28.6 Å². The van der Waals surface area contributed by atoms with E-state index in [1.807, 2.05) is 59.3 Å². The fourth-order valence-corrected chi connectivity index (χ4v) is 7.97. The van der Waals surface area contributed by atoms with Crippen molar-refractivity contribution < 1.29 is 42.9 Å². The molecule has 2 saturated heterocycles. The number of amides is 5. The number of nitrogens with zero attached hydrogens (tertiary/aromatic N) is 6. The summed E-state index contributed by atoms with van der Waals surface area (Å²) in [6.07, 6.45) is 3.42. The molecule has 3 aliphatic heterocycles. The van der Waals surface area contributed by atoms with Gasteiger partial charge >= 0.3 is 0 Å². The normalized spacial score (nSPS) is 16.9. The van der Waals surface area contributed by atoms with E-state index < -0.39 is 29.7 Å². The number of para-hydroxylation sites is 1. The number of hydrogen-bond acceptors (Lipinski definition) is 15. The summed E-state index contributed by atoms with van der Waals surface area (Å²) in [6.45, 7) is 5.38. The fraction of sp³-hybridized carbons (Fsp3) is 0.378. The average Bonchev–Trinajstić information content (AvgIpc) is 3.81. The maximum absolute atomic E-state index is 13.0. The highest BCUT2D eigenvalue weighted by molar-refractivity contribution is 6.23. The number of hydrogen-bond donors (Lipinski definition) is 4. The van der Waals surface area contributed by atoms with E-state index in [1.165, 1.54) is 18.5 Å². The van der Waals surface area contributed by atoms with Gasteiger partial charge < -0.3 is 40.2 Å². The van der Waals surface area contributed by atoms with E-state index in [9.17, 15) is 24.0 Å². The van der Waals surface area contributed by atoms with Crippen LogP contribution in [0.15, 0.2) is 79.1 Å². The van der Waals surface area contributed by atoms with Crippen molar-refractivity contribution in [2.24, 2.45) is 0 Å². The van der Waals surface area contributed by atoms with Gasteiger partial charge in [-0.15, -0.1) is 0 Å². The largest absolute Gasteiger partial charge is 0.457 e. The summed E-state index contributed by atoms with van der Waals surface area (Å²) in [4.78, 5) is 74.3. The molecular weight excluding hydrogens is 825 g/mol. The Bertz CT molecular complexity index is 2470. The molecule has 19 nitrogen and oxygen atoms in total.